The predicted molar refractivity (Wildman–Crippen MR) is 89.8 cm³/mol. The number of aryl methyl sites for hydroxylation is 3. The molecule has 0 saturated heterocycles. The van der Waals surface area contributed by atoms with Crippen LogP contribution in [0, 0.1) is 20.8 Å². The molecule has 2 heteroatoms. The van der Waals surface area contributed by atoms with Crippen molar-refractivity contribution in [2.24, 2.45) is 0 Å². The van der Waals surface area contributed by atoms with Crippen molar-refractivity contribution in [2.45, 2.75) is 31.7 Å². The molecule has 0 amide bonds. The Morgan fingerprint density at radius 1 is 1.00 bits per heavy atom. The maximum atomic E-state index is 3.50. The second-order valence-corrected chi connectivity index (χ2v) is 6.12. The minimum absolute atomic E-state index is 0.249. The molecule has 1 unspecified atom stereocenters. The summed E-state index contributed by atoms with van der Waals surface area (Å²) in [5, 5.41) is 3.50. The third kappa shape index (κ3) is 2.92. The Hall–Kier alpha value is -1.25. The number of hydrogen-bond acceptors (Lipinski definition) is 2. The zero-order chi connectivity index (χ0) is 14.7. The normalized spacial score (nSPS) is 12.4. The lowest BCUT2D eigenvalue weighted by Crippen LogP contribution is -2.20. The summed E-state index contributed by atoms with van der Waals surface area (Å²) in [4.78, 5) is 1.34. The molecular formula is C18H23NS. The molecule has 0 fully saturated rings. The average molecular weight is 285 g/mol. The molecule has 20 heavy (non-hydrogen) atoms. The number of rotatable bonds is 4. The van der Waals surface area contributed by atoms with Crippen LogP contribution in [0.3, 0.4) is 0 Å². The van der Waals surface area contributed by atoms with Crippen LogP contribution < -0.4 is 5.32 Å². The molecule has 0 bridgehead atoms. The van der Waals surface area contributed by atoms with Crippen LogP contribution in [0.25, 0.3) is 0 Å². The van der Waals surface area contributed by atoms with Gasteiger partial charge in [0.25, 0.3) is 0 Å². The molecule has 0 saturated carbocycles. The molecule has 0 spiro atoms. The zero-order valence-electron chi connectivity index (χ0n) is 12.9. The van der Waals surface area contributed by atoms with Gasteiger partial charge in [0.2, 0.25) is 0 Å². The van der Waals surface area contributed by atoms with Crippen molar-refractivity contribution in [2.75, 3.05) is 13.3 Å². The van der Waals surface area contributed by atoms with Gasteiger partial charge in [0.15, 0.2) is 0 Å². The highest BCUT2D eigenvalue weighted by molar-refractivity contribution is 7.98. The van der Waals surface area contributed by atoms with Crippen molar-refractivity contribution >= 4 is 11.8 Å². The Morgan fingerprint density at radius 2 is 1.60 bits per heavy atom. The highest BCUT2D eigenvalue weighted by atomic mass is 32.2. The summed E-state index contributed by atoms with van der Waals surface area (Å²) in [6, 6.07) is 13.5. The molecule has 2 aromatic carbocycles. The predicted octanol–water partition coefficient (Wildman–Crippen LogP) is 4.64. The van der Waals surface area contributed by atoms with E-state index in [0.717, 1.165) is 0 Å². The van der Waals surface area contributed by atoms with E-state index in [2.05, 4.69) is 68.7 Å². The highest BCUT2D eigenvalue weighted by Crippen LogP contribution is 2.33. The van der Waals surface area contributed by atoms with E-state index in [4.69, 9.17) is 0 Å². The molecule has 1 nitrogen and oxygen atoms in total. The molecule has 0 aliphatic rings. The van der Waals surface area contributed by atoms with Crippen LogP contribution in [0.5, 0.6) is 0 Å². The van der Waals surface area contributed by atoms with Crippen LogP contribution >= 0.6 is 11.8 Å². The van der Waals surface area contributed by atoms with Crippen molar-refractivity contribution in [1.82, 2.24) is 5.32 Å². The molecule has 1 N–H and O–H groups in total. The van der Waals surface area contributed by atoms with Crippen LogP contribution in [-0.2, 0) is 0 Å². The standard InChI is InChI=1S/C18H23NS/c1-12-10-13(2)17(14(3)11-12)18(19-4)15-8-6-7-9-16(15)20-5/h6-11,18-19H,1-5H3. The van der Waals surface area contributed by atoms with Gasteiger partial charge in [-0.1, -0.05) is 35.9 Å². The number of benzene rings is 2. The van der Waals surface area contributed by atoms with E-state index >= 15 is 0 Å². The van der Waals surface area contributed by atoms with Gasteiger partial charge in [0, 0.05) is 4.90 Å². The van der Waals surface area contributed by atoms with Crippen molar-refractivity contribution in [3.8, 4) is 0 Å². The smallest absolute Gasteiger partial charge is 0.0590 e. The largest absolute Gasteiger partial charge is 0.309 e. The summed E-state index contributed by atoms with van der Waals surface area (Å²) in [6.45, 7) is 6.58. The first-order chi connectivity index (χ1) is 9.58. The maximum Gasteiger partial charge on any atom is 0.0590 e. The lowest BCUT2D eigenvalue weighted by Gasteiger charge is -2.24. The fraction of sp³-hybridized carbons (Fsp3) is 0.333. The molecule has 0 aliphatic heterocycles. The van der Waals surface area contributed by atoms with E-state index in [1.165, 1.54) is 32.7 Å². The highest BCUT2D eigenvalue weighted by Gasteiger charge is 2.19. The van der Waals surface area contributed by atoms with Gasteiger partial charge in [0.1, 0.15) is 0 Å². The van der Waals surface area contributed by atoms with E-state index in [9.17, 15) is 0 Å². The summed E-state index contributed by atoms with van der Waals surface area (Å²) in [7, 11) is 2.04. The van der Waals surface area contributed by atoms with Gasteiger partial charge in [-0.2, -0.15) is 0 Å². The van der Waals surface area contributed by atoms with Crippen LogP contribution in [0.2, 0.25) is 0 Å². The average Bonchev–Trinajstić information content (AvgIpc) is 2.42. The van der Waals surface area contributed by atoms with Crippen LogP contribution in [-0.4, -0.2) is 13.3 Å². The van der Waals surface area contributed by atoms with Crippen molar-refractivity contribution in [3.63, 3.8) is 0 Å². The lowest BCUT2D eigenvalue weighted by atomic mass is 9.90. The molecule has 0 aromatic heterocycles. The Bertz CT molecular complexity index is 581. The number of thioether (sulfide) groups is 1. The van der Waals surface area contributed by atoms with E-state index < -0.39 is 0 Å². The second kappa shape index (κ2) is 6.47. The van der Waals surface area contributed by atoms with Gasteiger partial charge < -0.3 is 5.32 Å². The third-order valence-corrected chi connectivity index (χ3v) is 4.58. The summed E-state index contributed by atoms with van der Waals surface area (Å²) in [6.07, 6.45) is 2.14. The number of hydrogen-bond donors (Lipinski definition) is 1. The Balaban J connectivity index is 2.59. The molecule has 0 radical (unpaired) electrons. The Labute approximate surface area is 126 Å². The van der Waals surface area contributed by atoms with Crippen molar-refractivity contribution in [3.05, 3.63) is 64.2 Å². The van der Waals surface area contributed by atoms with Gasteiger partial charge >= 0.3 is 0 Å². The topological polar surface area (TPSA) is 12.0 Å². The number of nitrogens with one attached hydrogen (secondary N) is 1. The van der Waals surface area contributed by atoms with Gasteiger partial charge in [-0.15, -0.1) is 11.8 Å². The third-order valence-electron chi connectivity index (χ3n) is 3.77. The van der Waals surface area contributed by atoms with Crippen molar-refractivity contribution < 1.29 is 0 Å². The summed E-state index contributed by atoms with van der Waals surface area (Å²) >= 11 is 1.81. The second-order valence-electron chi connectivity index (χ2n) is 5.28. The first-order valence-corrected chi connectivity index (χ1v) is 8.19. The van der Waals surface area contributed by atoms with Gasteiger partial charge in [0.05, 0.1) is 6.04 Å². The molecule has 0 aliphatic carbocycles. The molecular weight excluding hydrogens is 262 g/mol. The summed E-state index contributed by atoms with van der Waals surface area (Å²) in [5.41, 5.74) is 6.81. The quantitative estimate of drug-likeness (QED) is 0.821. The minimum Gasteiger partial charge on any atom is -0.309 e. The molecule has 106 valence electrons. The summed E-state index contributed by atoms with van der Waals surface area (Å²) in [5.74, 6) is 0. The Kier molecular flexibility index (Phi) is 4.90. The Morgan fingerprint density at radius 3 is 2.15 bits per heavy atom. The SMILES string of the molecule is CNC(c1ccccc1SC)c1c(C)cc(C)cc1C. The minimum atomic E-state index is 0.249. The first kappa shape index (κ1) is 15.1. The van der Waals surface area contributed by atoms with Crippen LogP contribution in [0.1, 0.15) is 33.9 Å². The van der Waals surface area contributed by atoms with E-state index in [-0.39, 0.29) is 6.04 Å². The molecule has 0 heterocycles. The van der Waals surface area contributed by atoms with Crippen molar-refractivity contribution in [1.29, 1.82) is 0 Å². The van der Waals surface area contributed by atoms with E-state index in [0.29, 0.717) is 0 Å². The van der Waals surface area contributed by atoms with Gasteiger partial charge in [-0.25, -0.2) is 0 Å². The lowest BCUT2D eigenvalue weighted by molar-refractivity contribution is 0.671. The maximum absolute atomic E-state index is 3.50. The molecule has 2 aromatic rings. The fourth-order valence-electron chi connectivity index (χ4n) is 3.01. The fourth-order valence-corrected chi connectivity index (χ4v) is 3.64. The monoisotopic (exact) mass is 285 g/mol. The van der Waals surface area contributed by atoms with E-state index in [1.54, 1.807) is 0 Å². The molecule has 2 rings (SSSR count). The zero-order valence-corrected chi connectivity index (χ0v) is 13.8. The van der Waals surface area contributed by atoms with E-state index in [1.807, 2.05) is 18.8 Å². The first-order valence-electron chi connectivity index (χ1n) is 6.96. The van der Waals surface area contributed by atoms with Gasteiger partial charge in [-0.3, -0.25) is 0 Å². The summed E-state index contributed by atoms with van der Waals surface area (Å²) < 4.78 is 0. The van der Waals surface area contributed by atoms with Gasteiger partial charge in [-0.05, 0) is 62.4 Å². The molecule has 1 atom stereocenters. The van der Waals surface area contributed by atoms with Crippen LogP contribution in [0.15, 0.2) is 41.3 Å². The van der Waals surface area contributed by atoms with Crippen LogP contribution in [0.4, 0.5) is 0 Å².